The molecule has 0 atom stereocenters. The standard InChI is InChI=1S/3C4H10.4C2H6/c3*1-4(2)3;4*1-2/h3*4H,1-3H3;4*1-2H3. The van der Waals surface area contributed by atoms with Crippen LogP contribution in [0.5, 0.6) is 0 Å². The van der Waals surface area contributed by atoms with E-state index in [0.717, 1.165) is 17.8 Å². The number of hydrogen-bond donors (Lipinski definition) is 0. The zero-order valence-electron chi connectivity index (χ0n) is 18.7. The van der Waals surface area contributed by atoms with Crippen LogP contribution in [0.3, 0.4) is 0 Å². The van der Waals surface area contributed by atoms with Crippen molar-refractivity contribution in [3.05, 3.63) is 0 Å². The minimum absolute atomic E-state index is 0.833. The molecule has 0 aliphatic heterocycles. The summed E-state index contributed by atoms with van der Waals surface area (Å²) in [6.45, 7) is 35.5. The van der Waals surface area contributed by atoms with Gasteiger partial charge in [-0.3, -0.25) is 0 Å². The molecule has 0 saturated carbocycles. The lowest BCUT2D eigenvalue weighted by Gasteiger charge is -1.79. The Kier molecular flexibility index (Phi) is 162. The molecule has 0 aromatic carbocycles. The van der Waals surface area contributed by atoms with Crippen molar-refractivity contribution < 1.29 is 0 Å². The molecule has 0 N–H and O–H groups in total. The predicted octanol–water partition coefficient (Wildman–Crippen LogP) is 9.09. The van der Waals surface area contributed by atoms with Crippen LogP contribution in [-0.4, -0.2) is 0 Å². The van der Waals surface area contributed by atoms with Crippen LogP contribution in [0, 0.1) is 17.8 Å². The minimum Gasteiger partial charge on any atom is -0.0683 e. The maximum absolute atomic E-state index is 2.17. The third-order valence-corrected chi connectivity index (χ3v) is 0. The van der Waals surface area contributed by atoms with Crippen LogP contribution in [0.2, 0.25) is 0 Å². The van der Waals surface area contributed by atoms with E-state index in [4.69, 9.17) is 0 Å². The van der Waals surface area contributed by atoms with Crippen LogP contribution < -0.4 is 0 Å². The highest BCUT2D eigenvalue weighted by Crippen LogP contribution is 1.81. The van der Waals surface area contributed by atoms with E-state index in [2.05, 4.69) is 62.3 Å². The Balaban J connectivity index is -0.0000000204. The molecule has 0 amide bonds. The van der Waals surface area contributed by atoms with E-state index in [9.17, 15) is 0 Å². The van der Waals surface area contributed by atoms with Crippen molar-refractivity contribution >= 4 is 0 Å². The molecule has 0 bridgehead atoms. The summed E-state index contributed by atoms with van der Waals surface area (Å²) in [4.78, 5) is 0. The Morgan fingerprint density at radius 3 is 0.250 bits per heavy atom. The molecule has 0 nitrogen and oxygen atoms in total. The summed E-state index contributed by atoms with van der Waals surface area (Å²) in [5.74, 6) is 2.50. The third-order valence-electron chi connectivity index (χ3n) is 0. The Labute approximate surface area is 136 Å². The first-order chi connectivity index (χ1) is 9.20. The Morgan fingerprint density at radius 1 is 0.250 bits per heavy atom. The highest BCUT2D eigenvalue weighted by Gasteiger charge is 1.68. The van der Waals surface area contributed by atoms with Crippen molar-refractivity contribution in [2.24, 2.45) is 17.8 Å². The topological polar surface area (TPSA) is 0 Å². The molecule has 0 radical (unpaired) electrons. The molecule has 0 heteroatoms. The lowest BCUT2D eigenvalue weighted by molar-refractivity contribution is 0.736. The zero-order chi connectivity index (χ0) is 18.7. The van der Waals surface area contributed by atoms with E-state index in [1.165, 1.54) is 0 Å². The average Bonchev–Trinajstić information content (AvgIpc) is 2.36. The van der Waals surface area contributed by atoms with Crippen molar-refractivity contribution in [1.29, 1.82) is 0 Å². The van der Waals surface area contributed by atoms with Crippen LogP contribution in [0.25, 0.3) is 0 Å². The summed E-state index contributed by atoms with van der Waals surface area (Å²) in [5, 5.41) is 0. The van der Waals surface area contributed by atoms with Gasteiger partial charge in [0.2, 0.25) is 0 Å². The van der Waals surface area contributed by atoms with E-state index < -0.39 is 0 Å². The van der Waals surface area contributed by atoms with Crippen molar-refractivity contribution in [2.45, 2.75) is 118 Å². The summed E-state index contributed by atoms with van der Waals surface area (Å²) in [5.41, 5.74) is 0. The summed E-state index contributed by atoms with van der Waals surface area (Å²) >= 11 is 0. The van der Waals surface area contributed by atoms with Gasteiger partial charge in [-0.1, -0.05) is 118 Å². The fourth-order valence-corrected chi connectivity index (χ4v) is 0. The molecule has 0 fully saturated rings. The zero-order valence-corrected chi connectivity index (χ0v) is 18.7. The molecule has 134 valence electrons. The molecule has 0 unspecified atom stereocenters. The lowest BCUT2D eigenvalue weighted by Crippen LogP contribution is -1.66. The van der Waals surface area contributed by atoms with Crippen molar-refractivity contribution in [2.75, 3.05) is 0 Å². The third kappa shape index (κ3) is 0. The molecule has 0 aromatic heterocycles. The molecule has 0 aliphatic rings. The largest absolute Gasteiger partial charge is 0.0683 e. The molecule has 0 rings (SSSR count). The first-order valence-electron chi connectivity index (χ1n) is 9.20. The van der Waals surface area contributed by atoms with Crippen molar-refractivity contribution in [3.8, 4) is 0 Å². The van der Waals surface area contributed by atoms with Gasteiger partial charge in [-0.2, -0.15) is 0 Å². The van der Waals surface area contributed by atoms with E-state index >= 15 is 0 Å². The maximum Gasteiger partial charge on any atom is -0.0500 e. The normalized spacial score (nSPS) is 6.60. The Hall–Kier alpha value is 0. The van der Waals surface area contributed by atoms with E-state index in [1.807, 2.05) is 55.4 Å². The minimum atomic E-state index is 0.833. The summed E-state index contributed by atoms with van der Waals surface area (Å²) in [7, 11) is 0. The van der Waals surface area contributed by atoms with Gasteiger partial charge in [0.05, 0.1) is 0 Å². The second kappa shape index (κ2) is 76.0. The summed E-state index contributed by atoms with van der Waals surface area (Å²) < 4.78 is 0. The van der Waals surface area contributed by atoms with E-state index in [-0.39, 0.29) is 0 Å². The number of hydrogen-bond acceptors (Lipinski definition) is 0. The van der Waals surface area contributed by atoms with Crippen LogP contribution in [0.15, 0.2) is 0 Å². The van der Waals surface area contributed by atoms with Gasteiger partial charge in [0.15, 0.2) is 0 Å². The molecular formula is C20H54. The van der Waals surface area contributed by atoms with Gasteiger partial charge >= 0.3 is 0 Å². The molecule has 0 heterocycles. The fraction of sp³-hybridized carbons (Fsp3) is 1.00. The molecule has 20 heavy (non-hydrogen) atoms. The van der Waals surface area contributed by atoms with Gasteiger partial charge in [-0.25, -0.2) is 0 Å². The fourth-order valence-electron chi connectivity index (χ4n) is 0. The smallest absolute Gasteiger partial charge is 0.0500 e. The second-order valence-electron chi connectivity index (χ2n) is 5.20. The Morgan fingerprint density at radius 2 is 0.250 bits per heavy atom. The van der Waals surface area contributed by atoms with Gasteiger partial charge in [-0.05, 0) is 17.8 Å². The van der Waals surface area contributed by atoms with Gasteiger partial charge in [0.1, 0.15) is 0 Å². The first kappa shape index (κ1) is 42.7. The lowest BCUT2D eigenvalue weighted by atomic mass is 10.3. The van der Waals surface area contributed by atoms with Crippen LogP contribution in [-0.2, 0) is 0 Å². The van der Waals surface area contributed by atoms with Gasteiger partial charge in [0.25, 0.3) is 0 Å². The average molecular weight is 295 g/mol. The molecular weight excluding hydrogens is 240 g/mol. The van der Waals surface area contributed by atoms with Crippen LogP contribution in [0.4, 0.5) is 0 Å². The molecule has 0 saturated heterocycles. The van der Waals surface area contributed by atoms with Crippen LogP contribution in [0.1, 0.15) is 118 Å². The monoisotopic (exact) mass is 294 g/mol. The predicted molar refractivity (Wildman–Crippen MR) is 107 cm³/mol. The Bertz CT molecular complexity index is 28.5. The quantitative estimate of drug-likeness (QED) is 0.418. The van der Waals surface area contributed by atoms with E-state index in [1.54, 1.807) is 0 Å². The maximum atomic E-state index is 2.17. The number of rotatable bonds is 0. The summed E-state index contributed by atoms with van der Waals surface area (Å²) in [6, 6.07) is 0. The van der Waals surface area contributed by atoms with Gasteiger partial charge < -0.3 is 0 Å². The SMILES string of the molecule is CC.CC.CC.CC.CC(C)C.CC(C)C.CC(C)C. The van der Waals surface area contributed by atoms with Crippen molar-refractivity contribution in [1.82, 2.24) is 0 Å². The van der Waals surface area contributed by atoms with Gasteiger partial charge in [0, 0.05) is 0 Å². The summed E-state index contributed by atoms with van der Waals surface area (Å²) in [6.07, 6.45) is 0. The van der Waals surface area contributed by atoms with Crippen LogP contribution >= 0.6 is 0 Å². The van der Waals surface area contributed by atoms with E-state index in [0.29, 0.717) is 0 Å². The first-order valence-corrected chi connectivity index (χ1v) is 9.20. The molecule has 0 aromatic rings. The second-order valence-corrected chi connectivity index (χ2v) is 5.20. The highest BCUT2D eigenvalue weighted by molar-refractivity contribution is 4.21. The van der Waals surface area contributed by atoms with Crippen molar-refractivity contribution in [3.63, 3.8) is 0 Å². The van der Waals surface area contributed by atoms with Gasteiger partial charge in [-0.15, -0.1) is 0 Å². The molecule has 0 spiro atoms. The highest BCUT2D eigenvalue weighted by atomic mass is 13.8. The molecule has 0 aliphatic carbocycles.